The van der Waals surface area contributed by atoms with Crippen LogP contribution in [-0.4, -0.2) is 91.9 Å². The van der Waals surface area contributed by atoms with Crippen LogP contribution in [-0.2, 0) is 20.8 Å². The van der Waals surface area contributed by atoms with Crippen LogP contribution in [0.15, 0.2) is 79.1 Å². The lowest BCUT2D eigenvalue weighted by atomic mass is 9.91. The lowest BCUT2D eigenvalue weighted by molar-refractivity contribution is 0.0197. The Labute approximate surface area is 349 Å². The van der Waals surface area contributed by atoms with Crippen LogP contribution in [0.1, 0.15) is 95.8 Å². The van der Waals surface area contributed by atoms with Gasteiger partial charge in [-0.25, -0.2) is 23.2 Å². The quantitative estimate of drug-likeness (QED) is 0.174. The van der Waals surface area contributed by atoms with E-state index in [1.807, 2.05) is 95.2 Å². The first-order valence-electron chi connectivity index (χ1n) is 21.0. The Morgan fingerprint density at radius 1 is 0.650 bits per heavy atom. The number of fused-ring (bicyclic) bond motifs is 4. The summed E-state index contributed by atoms with van der Waals surface area (Å²) in [5.41, 5.74) is 3.44. The largest absolute Gasteiger partial charge is 0.445 e. The molecule has 60 heavy (non-hydrogen) atoms. The molecule has 5 heterocycles. The van der Waals surface area contributed by atoms with Gasteiger partial charge in [-0.15, -0.1) is 0 Å². The fraction of sp³-hybridized carbons (Fsp3) is 0.468. The average molecular weight is 824 g/mol. The van der Waals surface area contributed by atoms with Crippen molar-refractivity contribution in [3.05, 3.63) is 107 Å². The highest BCUT2D eigenvalue weighted by Crippen LogP contribution is 2.49. The third-order valence-corrected chi connectivity index (χ3v) is 12.3. The Bertz CT molecular complexity index is 2370. The van der Waals surface area contributed by atoms with Crippen molar-refractivity contribution in [1.29, 1.82) is 0 Å². The molecule has 1 saturated carbocycles. The van der Waals surface area contributed by atoms with Crippen molar-refractivity contribution in [3.63, 3.8) is 0 Å². The van der Waals surface area contributed by atoms with Crippen molar-refractivity contribution in [1.82, 2.24) is 24.7 Å². The van der Waals surface area contributed by atoms with E-state index in [2.05, 4.69) is 9.97 Å². The van der Waals surface area contributed by atoms with E-state index in [1.165, 1.54) is 29.8 Å². The van der Waals surface area contributed by atoms with Gasteiger partial charge < -0.3 is 38.9 Å². The summed E-state index contributed by atoms with van der Waals surface area (Å²) in [5.74, 6) is 0.0830. The monoisotopic (exact) mass is 823 g/mol. The first-order chi connectivity index (χ1) is 28.5. The van der Waals surface area contributed by atoms with Crippen LogP contribution in [0.2, 0.25) is 0 Å². The number of amides is 3. The molecular weight excluding hydrogens is 769 g/mol. The highest BCUT2D eigenvalue weighted by Gasteiger charge is 2.54. The topological polar surface area (TPSA) is 120 Å². The van der Waals surface area contributed by atoms with Gasteiger partial charge >= 0.3 is 18.3 Å². The van der Waals surface area contributed by atoms with Gasteiger partial charge in [-0.3, -0.25) is 0 Å². The van der Waals surface area contributed by atoms with Gasteiger partial charge in [0.2, 0.25) is 0 Å². The number of carbonyl (C=O) groups excluding carboxylic acids is 3. The zero-order valence-corrected chi connectivity index (χ0v) is 35.2. The molecule has 13 heteroatoms. The Morgan fingerprint density at radius 3 is 1.78 bits per heavy atom. The van der Waals surface area contributed by atoms with Crippen molar-refractivity contribution in [2.24, 2.45) is 5.92 Å². The number of rotatable bonds is 4. The van der Waals surface area contributed by atoms with Gasteiger partial charge in [0.15, 0.2) is 0 Å². The van der Waals surface area contributed by atoms with E-state index < -0.39 is 17.3 Å². The summed E-state index contributed by atoms with van der Waals surface area (Å²) in [7, 11) is 0. The summed E-state index contributed by atoms with van der Waals surface area (Å²) >= 11 is 0. The normalized spacial score (nSPS) is 23.7. The van der Waals surface area contributed by atoms with Crippen molar-refractivity contribution in [3.8, 4) is 0 Å². The van der Waals surface area contributed by atoms with Gasteiger partial charge in [-0.2, -0.15) is 0 Å². The predicted octanol–water partition coefficient (Wildman–Crippen LogP) is 10.2. The molecule has 4 fully saturated rings. The maximum absolute atomic E-state index is 13.8. The van der Waals surface area contributed by atoms with Gasteiger partial charge in [0.1, 0.15) is 29.4 Å². The molecule has 0 radical (unpaired) electrons. The molecule has 3 aromatic carbocycles. The first kappa shape index (κ1) is 41.2. The highest BCUT2D eigenvalue weighted by atomic mass is 19.1. The van der Waals surface area contributed by atoms with Gasteiger partial charge in [-0.1, -0.05) is 30.3 Å². The predicted molar refractivity (Wildman–Crippen MR) is 225 cm³/mol. The van der Waals surface area contributed by atoms with E-state index in [0.717, 1.165) is 53.2 Å². The fourth-order valence-electron chi connectivity index (χ4n) is 9.94. The molecule has 3 amide bonds. The number of nitrogens with one attached hydrogen (secondary N) is 2. The number of benzene rings is 3. The first-order valence-corrected chi connectivity index (χ1v) is 21.0. The van der Waals surface area contributed by atoms with Gasteiger partial charge in [0.25, 0.3) is 0 Å². The summed E-state index contributed by atoms with van der Waals surface area (Å²) in [6.45, 7) is 13.0. The zero-order valence-electron chi connectivity index (χ0n) is 35.2. The molecule has 2 aromatic heterocycles. The SMILES string of the molecule is CC(C)(C)OC(=O)N1CC[C@@H]2[C@H]1[C@@H](c1c[nH]c3cc(F)ccc13)CN2C(=O)OCc1ccccc1.CC(C)(C)OC(=O)N1CC[C@H]2CC[C@H](c3c[nH]c4cc(F)ccc34)[C@H]21. The number of hydrogen-bond acceptors (Lipinski definition) is 6. The minimum Gasteiger partial charge on any atom is -0.445 e. The van der Waals surface area contributed by atoms with E-state index in [0.29, 0.717) is 30.9 Å². The molecule has 9 rings (SSSR count). The number of aromatic amines is 2. The summed E-state index contributed by atoms with van der Waals surface area (Å²) < 4.78 is 44.3. The molecule has 4 aliphatic rings. The molecule has 0 bridgehead atoms. The summed E-state index contributed by atoms with van der Waals surface area (Å²) in [6.07, 6.45) is 6.71. The maximum Gasteiger partial charge on any atom is 0.410 e. The van der Waals surface area contributed by atoms with Crippen molar-refractivity contribution >= 4 is 40.1 Å². The number of halogens is 2. The van der Waals surface area contributed by atoms with E-state index >= 15 is 0 Å². The lowest BCUT2D eigenvalue weighted by Crippen LogP contribution is -2.44. The van der Waals surface area contributed by atoms with Gasteiger partial charge in [-0.05, 0) is 126 Å². The van der Waals surface area contributed by atoms with Crippen molar-refractivity contribution < 1.29 is 37.4 Å². The molecule has 5 aromatic rings. The standard InChI is InChI=1S/C27H30FN3O4.C20H25FN2O2/c1-27(2,3)35-26(33)30-12-11-23-24(30)21(20-14-29-22-13-18(28)9-10-19(20)22)15-31(23)25(32)34-16-17-7-5-4-6-8-17;1-20(2,3)25-19(24)23-9-8-12-4-6-15(18(12)23)16-11-22-17-10-13(21)5-7-14(16)17/h4-10,13-14,21,23-24,29H,11-12,15-16H2,1-3H3;5,7,10-12,15,18,22H,4,6,8-9H2,1-3H3/t21-,23-,24-;12-,15-,18+/m11/s1. The Kier molecular flexibility index (Phi) is 11.1. The minimum atomic E-state index is -0.629. The molecule has 2 N–H and O–H groups in total. The van der Waals surface area contributed by atoms with Crippen LogP contribution < -0.4 is 0 Å². The summed E-state index contributed by atoms with van der Waals surface area (Å²) in [4.78, 5) is 50.8. The summed E-state index contributed by atoms with van der Waals surface area (Å²) in [5, 5.41) is 1.94. The fourth-order valence-corrected chi connectivity index (χ4v) is 9.94. The number of carbonyl (C=O) groups is 3. The molecule has 3 saturated heterocycles. The molecular formula is C47H55F2N5O6. The van der Waals surface area contributed by atoms with Gasteiger partial charge in [0.05, 0.1) is 12.1 Å². The molecule has 0 unspecified atom stereocenters. The lowest BCUT2D eigenvalue weighted by Gasteiger charge is -2.31. The van der Waals surface area contributed by atoms with Crippen LogP contribution in [0.3, 0.4) is 0 Å². The third kappa shape index (κ3) is 8.40. The zero-order chi connectivity index (χ0) is 42.5. The number of hydrogen-bond donors (Lipinski definition) is 2. The minimum absolute atomic E-state index is 0.168. The van der Waals surface area contributed by atoms with Crippen molar-refractivity contribution in [2.45, 2.75) is 115 Å². The number of ether oxygens (including phenoxy) is 3. The van der Waals surface area contributed by atoms with Crippen molar-refractivity contribution in [2.75, 3.05) is 19.6 Å². The Balaban J connectivity index is 0.000000176. The molecule has 1 aliphatic carbocycles. The van der Waals surface area contributed by atoms with Gasteiger partial charge in [0, 0.05) is 71.7 Å². The average Bonchev–Trinajstić information content (AvgIpc) is 4.03. The smallest absolute Gasteiger partial charge is 0.410 e. The van der Waals surface area contributed by atoms with E-state index in [9.17, 15) is 23.2 Å². The Hall–Kier alpha value is -5.59. The second-order valence-corrected chi connectivity index (χ2v) is 18.6. The van der Waals surface area contributed by atoms with Crippen LogP contribution in [0, 0.1) is 17.6 Å². The van der Waals surface area contributed by atoms with E-state index in [1.54, 1.807) is 15.9 Å². The summed E-state index contributed by atoms with van der Waals surface area (Å²) in [6, 6.07) is 18.8. The number of aromatic nitrogens is 2. The number of H-pyrrole nitrogens is 2. The van der Waals surface area contributed by atoms with E-state index in [-0.39, 0.29) is 60.4 Å². The second-order valence-electron chi connectivity index (χ2n) is 18.6. The highest BCUT2D eigenvalue weighted by molar-refractivity contribution is 5.85. The van der Waals surface area contributed by atoms with Crippen LogP contribution in [0.4, 0.5) is 23.2 Å². The maximum atomic E-state index is 13.8. The molecule has 318 valence electrons. The van der Waals surface area contributed by atoms with Crippen LogP contribution in [0.5, 0.6) is 0 Å². The number of nitrogens with zero attached hydrogens (tertiary/aromatic N) is 3. The molecule has 0 spiro atoms. The van der Waals surface area contributed by atoms with Crippen LogP contribution >= 0.6 is 0 Å². The third-order valence-electron chi connectivity index (χ3n) is 12.3. The van der Waals surface area contributed by atoms with Crippen LogP contribution in [0.25, 0.3) is 21.8 Å². The molecule has 11 nitrogen and oxygen atoms in total. The van der Waals surface area contributed by atoms with E-state index in [4.69, 9.17) is 14.2 Å². The Morgan fingerprint density at radius 2 is 1.20 bits per heavy atom. The molecule has 6 atom stereocenters. The molecule has 3 aliphatic heterocycles. The second kappa shape index (κ2) is 16.1. The number of likely N-dealkylation sites (tertiary alicyclic amines) is 3.